The molecule has 0 unspecified atom stereocenters. The van der Waals surface area contributed by atoms with Crippen LogP contribution in [0.25, 0.3) is 0 Å². The molecule has 2 nitrogen and oxygen atoms in total. The molecule has 0 atom stereocenters. The van der Waals surface area contributed by atoms with Gasteiger partial charge in [-0.2, -0.15) is 5.26 Å². The van der Waals surface area contributed by atoms with Crippen LogP contribution < -0.4 is 0 Å². The van der Waals surface area contributed by atoms with Gasteiger partial charge in [0.1, 0.15) is 6.07 Å². The molecule has 0 amide bonds. The van der Waals surface area contributed by atoms with Gasteiger partial charge in [-0.25, -0.2) is 9.37 Å². The summed E-state index contributed by atoms with van der Waals surface area (Å²) in [7, 11) is 0. The first-order valence-corrected chi connectivity index (χ1v) is 4.01. The fourth-order valence-electron chi connectivity index (χ4n) is 0.930. The van der Waals surface area contributed by atoms with Crippen molar-refractivity contribution >= 4 is 0 Å². The highest BCUT2D eigenvalue weighted by atomic mass is 19.1. The molecule has 0 spiro atoms. The summed E-state index contributed by atoms with van der Waals surface area (Å²) in [5.74, 6) is -0.546. The van der Waals surface area contributed by atoms with Gasteiger partial charge in [-0.05, 0) is 17.0 Å². The Morgan fingerprint density at radius 1 is 1.46 bits per heavy atom. The van der Waals surface area contributed by atoms with Crippen molar-refractivity contribution in [2.24, 2.45) is 0 Å². The summed E-state index contributed by atoms with van der Waals surface area (Å²) in [4.78, 5) is 3.73. The average Bonchev–Trinajstić information content (AvgIpc) is 2.02. The molecule has 0 aromatic carbocycles. The fourth-order valence-corrected chi connectivity index (χ4v) is 0.930. The van der Waals surface area contributed by atoms with Gasteiger partial charge in [-0.15, -0.1) is 0 Å². The van der Waals surface area contributed by atoms with E-state index in [-0.39, 0.29) is 11.1 Å². The summed E-state index contributed by atoms with van der Waals surface area (Å²) >= 11 is 0. The number of rotatable bonds is 0. The van der Waals surface area contributed by atoms with Crippen molar-refractivity contribution < 1.29 is 4.39 Å². The first kappa shape index (κ1) is 9.66. The number of nitrogens with zero attached hydrogens (tertiary/aromatic N) is 2. The van der Waals surface area contributed by atoms with E-state index in [0.29, 0.717) is 0 Å². The smallest absolute Gasteiger partial charge is 0.176 e. The van der Waals surface area contributed by atoms with Gasteiger partial charge >= 0.3 is 0 Å². The van der Waals surface area contributed by atoms with Crippen molar-refractivity contribution in [3.05, 3.63) is 29.3 Å². The fraction of sp³-hybridized carbons (Fsp3) is 0.400. The van der Waals surface area contributed by atoms with E-state index in [2.05, 4.69) is 4.98 Å². The monoisotopic (exact) mass is 178 g/mol. The van der Waals surface area contributed by atoms with E-state index in [4.69, 9.17) is 5.26 Å². The van der Waals surface area contributed by atoms with Crippen LogP contribution in [-0.4, -0.2) is 4.98 Å². The predicted molar refractivity (Wildman–Crippen MR) is 47.6 cm³/mol. The van der Waals surface area contributed by atoms with Gasteiger partial charge in [0.2, 0.25) is 0 Å². The van der Waals surface area contributed by atoms with Crippen molar-refractivity contribution in [2.75, 3.05) is 0 Å². The van der Waals surface area contributed by atoms with Gasteiger partial charge in [-0.1, -0.05) is 20.8 Å². The minimum absolute atomic E-state index is 0.137. The van der Waals surface area contributed by atoms with E-state index >= 15 is 0 Å². The minimum Gasteiger partial charge on any atom is -0.242 e. The summed E-state index contributed by atoms with van der Waals surface area (Å²) < 4.78 is 13.1. The molecule has 1 aromatic rings. The zero-order valence-electron chi connectivity index (χ0n) is 7.93. The van der Waals surface area contributed by atoms with Crippen LogP contribution in [0.4, 0.5) is 4.39 Å². The van der Waals surface area contributed by atoms with Crippen molar-refractivity contribution in [3.8, 4) is 6.07 Å². The van der Waals surface area contributed by atoms with Crippen molar-refractivity contribution in [3.63, 3.8) is 0 Å². The van der Waals surface area contributed by atoms with Crippen LogP contribution in [0.1, 0.15) is 32.0 Å². The van der Waals surface area contributed by atoms with E-state index in [1.807, 2.05) is 20.8 Å². The first-order valence-electron chi connectivity index (χ1n) is 4.01. The Morgan fingerprint density at radius 2 is 2.08 bits per heavy atom. The SMILES string of the molecule is CC(C)(C)c1cnc(C#N)c(F)c1. The van der Waals surface area contributed by atoms with Crippen molar-refractivity contribution in [2.45, 2.75) is 26.2 Å². The lowest BCUT2D eigenvalue weighted by Crippen LogP contribution is -2.12. The minimum atomic E-state index is -0.546. The Bertz CT molecular complexity index is 358. The molecular formula is C10H11FN2. The van der Waals surface area contributed by atoms with E-state index < -0.39 is 5.82 Å². The first-order chi connectivity index (χ1) is 5.95. The van der Waals surface area contributed by atoms with Crippen LogP contribution in [0.5, 0.6) is 0 Å². The van der Waals surface area contributed by atoms with Gasteiger partial charge < -0.3 is 0 Å². The maximum Gasteiger partial charge on any atom is 0.176 e. The van der Waals surface area contributed by atoms with E-state index in [1.165, 1.54) is 6.07 Å². The van der Waals surface area contributed by atoms with E-state index in [9.17, 15) is 4.39 Å². The summed E-state index contributed by atoms with van der Waals surface area (Å²) in [6, 6.07) is 3.05. The second-order valence-electron chi connectivity index (χ2n) is 3.92. The number of hydrogen-bond acceptors (Lipinski definition) is 2. The third-order valence-electron chi connectivity index (χ3n) is 1.81. The molecule has 1 aromatic heterocycles. The van der Waals surface area contributed by atoms with Gasteiger partial charge in [-0.3, -0.25) is 0 Å². The standard InChI is InChI=1S/C10H11FN2/c1-10(2,3)7-4-8(11)9(5-12)13-6-7/h4,6H,1-3H3. The molecule has 0 fully saturated rings. The number of nitriles is 1. The lowest BCUT2D eigenvalue weighted by molar-refractivity contribution is 0.564. The molecule has 1 rings (SSSR count). The summed E-state index contributed by atoms with van der Waals surface area (Å²) in [6.45, 7) is 5.90. The number of aromatic nitrogens is 1. The Kier molecular flexibility index (Phi) is 2.33. The molecular weight excluding hydrogens is 167 g/mol. The number of halogens is 1. The zero-order chi connectivity index (χ0) is 10.1. The van der Waals surface area contributed by atoms with Crippen LogP contribution in [0.15, 0.2) is 12.3 Å². The van der Waals surface area contributed by atoms with Crippen molar-refractivity contribution in [1.29, 1.82) is 5.26 Å². The quantitative estimate of drug-likeness (QED) is 0.611. The highest BCUT2D eigenvalue weighted by Crippen LogP contribution is 2.22. The molecule has 13 heavy (non-hydrogen) atoms. The highest BCUT2D eigenvalue weighted by molar-refractivity contribution is 5.28. The molecule has 1 heterocycles. The molecule has 0 saturated carbocycles. The van der Waals surface area contributed by atoms with Gasteiger partial charge in [0.25, 0.3) is 0 Å². The normalized spacial score (nSPS) is 11.0. The Labute approximate surface area is 77.0 Å². The molecule has 0 bridgehead atoms. The summed E-state index contributed by atoms with van der Waals surface area (Å²) in [6.07, 6.45) is 1.54. The van der Waals surface area contributed by atoms with E-state index in [0.717, 1.165) is 5.56 Å². The van der Waals surface area contributed by atoms with Gasteiger partial charge in [0.05, 0.1) is 0 Å². The van der Waals surface area contributed by atoms with E-state index in [1.54, 1.807) is 12.3 Å². The van der Waals surface area contributed by atoms with Crippen LogP contribution in [0, 0.1) is 17.1 Å². The molecule has 0 radical (unpaired) electrons. The molecule has 3 heteroatoms. The maximum atomic E-state index is 13.1. The van der Waals surface area contributed by atoms with Crippen LogP contribution in [0.3, 0.4) is 0 Å². The molecule has 0 aliphatic carbocycles. The molecule has 0 saturated heterocycles. The zero-order valence-corrected chi connectivity index (χ0v) is 7.93. The Balaban J connectivity index is 3.20. The van der Waals surface area contributed by atoms with Gasteiger partial charge in [0.15, 0.2) is 11.5 Å². The average molecular weight is 178 g/mol. The second kappa shape index (κ2) is 3.14. The lowest BCUT2D eigenvalue weighted by Gasteiger charge is -2.18. The Morgan fingerprint density at radius 3 is 2.46 bits per heavy atom. The lowest BCUT2D eigenvalue weighted by atomic mass is 9.88. The second-order valence-corrected chi connectivity index (χ2v) is 3.92. The number of pyridine rings is 1. The van der Waals surface area contributed by atoms with Crippen LogP contribution in [-0.2, 0) is 5.41 Å². The number of hydrogen-bond donors (Lipinski definition) is 0. The largest absolute Gasteiger partial charge is 0.242 e. The third kappa shape index (κ3) is 2.03. The summed E-state index contributed by atoms with van der Waals surface area (Å²) in [5.41, 5.74) is 0.513. The molecule has 0 aliphatic rings. The van der Waals surface area contributed by atoms with Crippen LogP contribution in [0.2, 0.25) is 0 Å². The molecule has 0 aliphatic heterocycles. The maximum absolute atomic E-state index is 13.1. The summed E-state index contributed by atoms with van der Waals surface area (Å²) in [5, 5.41) is 8.46. The highest BCUT2D eigenvalue weighted by Gasteiger charge is 2.16. The Hall–Kier alpha value is -1.43. The molecule has 0 N–H and O–H groups in total. The van der Waals surface area contributed by atoms with Crippen LogP contribution >= 0.6 is 0 Å². The topological polar surface area (TPSA) is 36.7 Å². The van der Waals surface area contributed by atoms with Crippen molar-refractivity contribution in [1.82, 2.24) is 4.98 Å². The molecule has 68 valence electrons. The third-order valence-corrected chi connectivity index (χ3v) is 1.81. The predicted octanol–water partition coefficient (Wildman–Crippen LogP) is 2.39. The van der Waals surface area contributed by atoms with Gasteiger partial charge in [0, 0.05) is 6.20 Å².